The van der Waals surface area contributed by atoms with Gasteiger partial charge in [-0.3, -0.25) is 0 Å². The molecule has 40 heavy (non-hydrogen) atoms. The van der Waals surface area contributed by atoms with Crippen LogP contribution >= 0.6 is 0 Å². The van der Waals surface area contributed by atoms with Crippen LogP contribution < -0.4 is 4.74 Å². The minimum atomic E-state index is 0.0286. The van der Waals surface area contributed by atoms with Crippen LogP contribution in [0.25, 0.3) is 43.9 Å². The average molecular weight is 523 g/mol. The van der Waals surface area contributed by atoms with E-state index in [0.717, 1.165) is 25.9 Å². The van der Waals surface area contributed by atoms with Crippen LogP contribution in [-0.2, 0) is 24.8 Å². The van der Waals surface area contributed by atoms with E-state index >= 15 is 0 Å². The van der Waals surface area contributed by atoms with Crippen molar-refractivity contribution in [2.75, 3.05) is 13.6 Å². The lowest BCUT2D eigenvalue weighted by Gasteiger charge is -2.64. The first-order valence-electron chi connectivity index (χ1n) is 15.2. The van der Waals surface area contributed by atoms with E-state index in [9.17, 15) is 0 Å². The molecule has 0 unspecified atom stereocenters. The van der Waals surface area contributed by atoms with Crippen LogP contribution in [0.4, 0.5) is 0 Å². The van der Waals surface area contributed by atoms with Crippen molar-refractivity contribution in [3.63, 3.8) is 0 Å². The molecule has 0 saturated carbocycles. The van der Waals surface area contributed by atoms with Crippen molar-refractivity contribution in [3.8, 4) is 28.0 Å². The van der Waals surface area contributed by atoms with Gasteiger partial charge in [0.15, 0.2) is 0 Å². The summed E-state index contributed by atoms with van der Waals surface area (Å²) in [5.74, 6) is 1.19. The van der Waals surface area contributed by atoms with Gasteiger partial charge in [0.05, 0.1) is 16.6 Å². The first kappa shape index (κ1) is 22.2. The molecule has 1 saturated heterocycles. The number of benzene rings is 4. The fraction of sp³-hybridized carbons (Fsp3) is 0.351. The second-order valence-corrected chi connectivity index (χ2v) is 13.5. The van der Waals surface area contributed by atoms with E-state index in [1.165, 1.54) is 72.9 Å². The molecule has 4 atom stereocenters. The molecule has 10 rings (SSSR count). The van der Waals surface area contributed by atoms with Gasteiger partial charge in [-0.15, -0.1) is 0 Å². The van der Waals surface area contributed by atoms with Gasteiger partial charge in [0, 0.05) is 34.3 Å². The lowest BCUT2D eigenvalue weighted by Crippen LogP contribution is -2.68. The number of likely N-dealkylation sites (N-methyl/N-ethyl adjacent to an activating group) is 1. The molecule has 0 radical (unpaired) electrons. The fourth-order valence-electron chi connectivity index (χ4n) is 10.4. The molecule has 198 valence electrons. The third kappa shape index (κ3) is 2.13. The second kappa shape index (κ2) is 6.83. The van der Waals surface area contributed by atoms with E-state index < -0.39 is 0 Å². The van der Waals surface area contributed by atoms with Crippen LogP contribution in [0.3, 0.4) is 0 Å². The van der Waals surface area contributed by atoms with Crippen molar-refractivity contribution in [1.29, 1.82) is 0 Å². The number of rotatable bonds is 1. The molecule has 3 aliphatic carbocycles. The first-order valence-corrected chi connectivity index (χ1v) is 15.2. The highest BCUT2D eigenvalue weighted by molar-refractivity contribution is 6.23. The van der Waals surface area contributed by atoms with Gasteiger partial charge < -0.3 is 14.2 Å². The Hall–Kier alpha value is -3.56. The predicted octanol–water partition coefficient (Wildman–Crippen LogP) is 7.96. The monoisotopic (exact) mass is 522 g/mol. The second-order valence-electron chi connectivity index (χ2n) is 13.5. The molecular weight excluding hydrogens is 488 g/mol. The van der Waals surface area contributed by atoms with Crippen LogP contribution in [-0.4, -0.2) is 29.1 Å². The quantitative estimate of drug-likeness (QED) is 0.218. The standard InChI is InChI=1S/C37H34N2O/c1-5-39-32-25-12-8-11-24-22-9-6-7-10-23(22)26(30(24)25)18-27(32)28-19-36(3)29-17-21-14-13-20(2)34-31(21)37(36,15-16-38(29)4)35(40-34)33(28)39/h6-14,18,29,35H,5,15-17,19H2,1-4H3/t29-,35+,36+,37+/m1/s1. The van der Waals surface area contributed by atoms with Gasteiger partial charge in [-0.25, -0.2) is 0 Å². The lowest BCUT2D eigenvalue weighted by atomic mass is 9.44. The zero-order valence-electron chi connectivity index (χ0n) is 23.8. The zero-order valence-corrected chi connectivity index (χ0v) is 23.8. The van der Waals surface area contributed by atoms with Crippen molar-refractivity contribution >= 4 is 21.7 Å². The van der Waals surface area contributed by atoms with E-state index in [1.54, 1.807) is 11.1 Å². The molecule has 5 aromatic rings. The van der Waals surface area contributed by atoms with Crippen LogP contribution in [0.2, 0.25) is 0 Å². The van der Waals surface area contributed by atoms with Crippen molar-refractivity contribution in [2.45, 2.75) is 64.1 Å². The smallest absolute Gasteiger partial charge is 0.149 e. The maximum Gasteiger partial charge on any atom is 0.149 e. The average Bonchev–Trinajstić information content (AvgIpc) is 3.59. The Balaban J connectivity index is 1.36. The number of piperidine rings is 1. The number of aromatic nitrogens is 1. The maximum absolute atomic E-state index is 7.31. The van der Waals surface area contributed by atoms with E-state index in [-0.39, 0.29) is 16.9 Å². The minimum absolute atomic E-state index is 0.0286. The van der Waals surface area contributed by atoms with Gasteiger partial charge >= 0.3 is 0 Å². The number of fused-ring (bicyclic) bond motifs is 8. The summed E-state index contributed by atoms with van der Waals surface area (Å²) in [4.78, 5) is 2.67. The van der Waals surface area contributed by atoms with E-state index in [4.69, 9.17) is 4.74 Å². The Morgan fingerprint density at radius 1 is 0.950 bits per heavy atom. The summed E-state index contributed by atoms with van der Waals surface area (Å²) in [5.41, 5.74) is 14.5. The molecule has 1 aromatic heterocycles. The number of likely N-dealkylation sites (tertiary alicyclic amines) is 1. The van der Waals surface area contributed by atoms with Crippen LogP contribution in [0, 0.1) is 12.3 Å². The fourth-order valence-corrected chi connectivity index (χ4v) is 10.4. The topological polar surface area (TPSA) is 17.4 Å². The van der Waals surface area contributed by atoms with Crippen LogP contribution in [0.5, 0.6) is 5.75 Å². The van der Waals surface area contributed by atoms with Gasteiger partial charge in [-0.05, 0) is 97.1 Å². The highest BCUT2D eigenvalue weighted by Crippen LogP contribution is 2.72. The Morgan fingerprint density at radius 3 is 2.58 bits per heavy atom. The highest BCUT2D eigenvalue weighted by Gasteiger charge is 2.70. The van der Waals surface area contributed by atoms with Gasteiger partial charge in [0.25, 0.3) is 0 Å². The normalized spacial score (nSPS) is 28.5. The molecule has 2 bridgehead atoms. The van der Waals surface area contributed by atoms with Crippen molar-refractivity contribution in [2.24, 2.45) is 5.41 Å². The molecule has 0 N–H and O–H groups in total. The molecule has 4 aromatic carbocycles. The summed E-state index contributed by atoms with van der Waals surface area (Å²) in [6.07, 6.45) is 3.47. The summed E-state index contributed by atoms with van der Waals surface area (Å²) in [7, 11) is 2.37. The van der Waals surface area contributed by atoms with Crippen molar-refractivity contribution in [1.82, 2.24) is 9.47 Å². The third-order valence-corrected chi connectivity index (χ3v) is 12.1. The number of hydrogen-bond acceptors (Lipinski definition) is 2. The number of aryl methyl sites for hydroxylation is 2. The van der Waals surface area contributed by atoms with Gasteiger partial charge in [-0.2, -0.15) is 0 Å². The number of nitrogens with zero attached hydrogens (tertiary/aromatic N) is 2. The molecule has 3 heterocycles. The SMILES string of the molecule is CCn1c2c(c3cc4c5c(cccc5c31)-c1ccccc1-4)C[C@@]1(C)[C@H]3Cc4ccc(C)c5c4[C@@]1(CCN3C)[C@H]2O5. The van der Waals surface area contributed by atoms with Gasteiger partial charge in [0.2, 0.25) is 0 Å². The Kier molecular flexibility index (Phi) is 3.79. The minimum Gasteiger partial charge on any atom is -0.483 e. The summed E-state index contributed by atoms with van der Waals surface area (Å²) in [5, 5.41) is 4.28. The van der Waals surface area contributed by atoms with Gasteiger partial charge in [0.1, 0.15) is 11.9 Å². The van der Waals surface area contributed by atoms with E-state index in [1.807, 2.05) is 0 Å². The predicted molar refractivity (Wildman–Crippen MR) is 162 cm³/mol. The molecule has 3 heteroatoms. The van der Waals surface area contributed by atoms with Crippen molar-refractivity contribution in [3.05, 3.63) is 88.6 Å². The molecule has 0 amide bonds. The summed E-state index contributed by atoms with van der Waals surface area (Å²) >= 11 is 0. The van der Waals surface area contributed by atoms with Crippen molar-refractivity contribution < 1.29 is 4.74 Å². The highest BCUT2D eigenvalue weighted by atomic mass is 16.5. The number of hydrogen-bond donors (Lipinski definition) is 0. The Labute approximate surface area is 235 Å². The molecule has 1 fully saturated rings. The van der Waals surface area contributed by atoms with Gasteiger partial charge in [-0.1, -0.05) is 61.5 Å². The Morgan fingerprint density at radius 2 is 1.75 bits per heavy atom. The molecule has 2 aliphatic heterocycles. The third-order valence-electron chi connectivity index (χ3n) is 12.1. The summed E-state index contributed by atoms with van der Waals surface area (Å²) in [6.45, 7) is 9.30. The van der Waals surface area contributed by atoms with Crippen LogP contribution in [0.15, 0.2) is 60.7 Å². The van der Waals surface area contributed by atoms with Crippen LogP contribution in [0.1, 0.15) is 54.3 Å². The molecular formula is C37H34N2O. The largest absolute Gasteiger partial charge is 0.483 e. The zero-order chi connectivity index (χ0) is 26.7. The van der Waals surface area contributed by atoms with E-state index in [2.05, 4.69) is 97.9 Å². The summed E-state index contributed by atoms with van der Waals surface area (Å²) < 4.78 is 9.97. The molecule has 1 spiro atoms. The number of ether oxygens (including phenoxy) is 1. The maximum atomic E-state index is 7.31. The Bertz CT molecular complexity index is 2000. The molecule has 5 aliphatic rings. The molecule has 3 nitrogen and oxygen atoms in total. The summed E-state index contributed by atoms with van der Waals surface area (Å²) in [6, 6.07) is 23.8. The van der Waals surface area contributed by atoms with E-state index in [0.29, 0.717) is 6.04 Å². The first-order chi connectivity index (χ1) is 19.5. The lowest BCUT2D eigenvalue weighted by molar-refractivity contribution is -0.0913.